The van der Waals surface area contributed by atoms with Crippen molar-refractivity contribution < 1.29 is 4.79 Å². The molecule has 0 aromatic heterocycles. The fourth-order valence-corrected chi connectivity index (χ4v) is 3.03. The Labute approximate surface area is 104 Å². The second kappa shape index (κ2) is 5.52. The van der Waals surface area contributed by atoms with E-state index in [4.69, 9.17) is 0 Å². The normalized spacial score (nSPS) is 31.0. The minimum Gasteiger partial charge on any atom is -0.339 e. The van der Waals surface area contributed by atoms with Gasteiger partial charge in [0.05, 0.1) is 0 Å². The van der Waals surface area contributed by atoms with Gasteiger partial charge in [0.15, 0.2) is 0 Å². The van der Waals surface area contributed by atoms with Gasteiger partial charge in [-0.25, -0.2) is 0 Å². The third-order valence-corrected chi connectivity index (χ3v) is 4.14. The van der Waals surface area contributed by atoms with Crippen molar-refractivity contribution in [3.63, 3.8) is 0 Å². The summed E-state index contributed by atoms with van der Waals surface area (Å²) in [4.78, 5) is 13.4. The lowest BCUT2D eigenvalue weighted by Gasteiger charge is -2.21. The summed E-state index contributed by atoms with van der Waals surface area (Å²) in [6, 6.07) is 0. The van der Waals surface area contributed by atoms with Crippen LogP contribution in [0.2, 0.25) is 0 Å². The van der Waals surface area contributed by atoms with Crippen molar-refractivity contribution in [1.29, 1.82) is 0 Å². The zero-order valence-electron chi connectivity index (χ0n) is 10.8. The summed E-state index contributed by atoms with van der Waals surface area (Å²) in [5.41, 5.74) is 0. The third kappa shape index (κ3) is 3.21. The first-order valence-electron chi connectivity index (χ1n) is 6.73. The van der Waals surface area contributed by atoms with Gasteiger partial charge in [0.1, 0.15) is 0 Å². The molecule has 0 aromatic rings. The van der Waals surface area contributed by atoms with Crippen LogP contribution in [-0.4, -0.2) is 23.9 Å². The van der Waals surface area contributed by atoms with E-state index in [-0.39, 0.29) is 5.91 Å². The van der Waals surface area contributed by atoms with E-state index in [0.717, 1.165) is 24.3 Å². The molecule has 0 spiro atoms. The first-order valence-corrected chi connectivity index (χ1v) is 6.73. The quantitative estimate of drug-likeness (QED) is 0.668. The fraction of sp³-hybridized carbons (Fsp3) is 0.667. The molecule has 1 amide bonds. The van der Waals surface area contributed by atoms with E-state index in [2.05, 4.69) is 18.7 Å². The van der Waals surface area contributed by atoms with E-state index in [1.807, 2.05) is 11.0 Å². The molecule has 3 atom stereocenters. The number of amides is 1. The number of carbonyl (C=O) groups is 1. The van der Waals surface area contributed by atoms with E-state index >= 15 is 0 Å². The number of hydrogen-bond acceptors (Lipinski definition) is 1. The molecule has 17 heavy (non-hydrogen) atoms. The van der Waals surface area contributed by atoms with Gasteiger partial charge < -0.3 is 4.90 Å². The predicted octanol–water partition coefficient (Wildman–Crippen LogP) is 3.01. The summed E-state index contributed by atoms with van der Waals surface area (Å²) in [5, 5.41) is 0. The van der Waals surface area contributed by atoms with Gasteiger partial charge in [-0.05, 0) is 43.4 Å². The van der Waals surface area contributed by atoms with Crippen molar-refractivity contribution in [2.75, 3.05) is 13.1 Å². The van der Waals surface area contributed by atoms with Crippen molar-refractivity contribution in [3.05, 3.63) is 24.8 Å². The highest BCUT2D eigenvalue weighted by Gasteiger charge is 2.43. The van der Waals surface area contributed by atoms with Crippen LogP contribution in [0.25, 0.3) is 0 Å². The Hall–Kier alpha value is -1.05. The van der Waals surface area contributed by atoms with Gasteiger partial charge >= 0.3 is 0 Å². The lowest BCUT2D eigenvalue weighted by atomic mass is 9.89. The number of hydrogen-bond donors (Lipinski definition) is 0. The summed E-state index contributed by atoms with van der Waals surface area (Å²) >= 11 is 0. The highest BCUT2D eigenvalue weighted by Crippen LogP contribution is 2.48. The van der Waals surface area contributed by atoms with Gasteiger partial charge in [-0.3, -0.25) is 4.79 Å². The lowest BCUT2D eigenvalue weighted by Crippen LogP contribution is -2.31. The molecule has 0 aliphatic heterocycles. The largest absolute Gasteiger partial charge is 0.339 e. The second-order valence-corrected chi connectivity index (χ2v) is 5.42. The molecule has 2 aliphatic rings. The van der Waals surface area contributed by atoms with Crippen LogP contribution in [0.3, 0.4) is 0 Å². The first kappa shape index (κ1) is 12.4. The van der Waals surface area contributed by atoms with Crippen LogP contribution in [0.1, 0.15) is 32.6 Å². The van der Waals surface area contributed by atoms with E-state index in [0.29, 0.717) is 6.54 Å². The molecule has 1 saturated carbocycles. The van der Waals surface area contributed by atoms with E-state index in [1.165, 1.54) is 25.7 Å². The Balaban J connectivity index is 1.79. The topological polar surface area (TPSA) is 20.3 Å². The predicted molar refractivity (Wildman–Crippen MR) is 70.5 cm³/mol. The minimum atomic E-state index is 0.180. The zero-order chi connectivity index (χ0) is 12.3. The maximum Gasteiger partial charge on any atom is 0.219 e. The summed E-state index contributed by atoms with van der Waals surface area (Å²) < 4.78 is 0. The summed E-state index contributed by atoms with van der Waals surface area (Å²) in [5.74, 6) is 2.67. The molecule has 1 fully saturated rings. The molecule has 0 aromatic carbocycles. The molecule has 2 rings (SSSR count). The molecule has 3 unspecified atom stereocenters. The van der Waals surface area contributed by atoms with E-state index in [9.17, 15) is 4.79 Å². The fourth-order valence-electron chi connectivity index (χ4n) is 3.03. The summed E-state index contributed by atoms with van der Waals surface area (Å²) in [7, 11) is 0. The van der Waals surface area contributed by atoms with Gasteiger partial charge in [0.25, 0.3) is 0 Å². The number of allylic oxidation sites excluding steroid dienone is 2. The standard InChI is InChI=1S/C15H23NO/c1-3-9-16(12(2)17)11-14-10-15(14)13-7-5-4-6-8-13/h3-5,13-15H,1,6-11H2,2H3. The molecular weight excluding hydrogens is 210 g/mol. The average Bonchev–Trinajstić information content (AvgIpc) is 3.09. The molecule has 0 N–H and O–H groups in total. The monoisotopic (exact) mass is 233 g/mol. The van der Waals surface area contributed by atoms with Gasteiger partial charge in [-0.15, -0.1) is 6.58 Å². The number of carbonyl (C=O) groups excluding carboxylic acids is 1. The average molecular weight is 233 g/mol. The molecule has 0 bridgehead atoms. The van der Waals surface area contributed by atoms with Crippen LogP contribution in [0.5, 0.6) is 0 Å². The van der Waals surface area contributed by atoms with Crippen LogP contribution < -0.4 is 0 Å². The molecular formula is C15H23NO. The van der Waals surface area contributed by atoms with Crippen molar-refractivity contribution >= 4 is 5.91 Å². The Bertz CT molecular complexity index is 321. The summed E-state index contributed by atoms with van der Waals surface area (Å²) in [6.45, 7) is 7.01. The highest BCUT2D eigenvalue weighted by molar-refractivity contribution is 5.73. The molecule has 2 aliphatic carbocycles. The Morgan fingerprint density at radius 1 is 1.53 bits per heavy atom. The van der Waals surface area contributed by atoms with Crippen LogP contribution in [0.4, 0.5) is 0 Å². The van der Waals surface area contributed by atoms with Crippen LogP contribution in [-0.2, 0) is 4.79 Å². The maximum atomic E-state index is 11.4. The molecule has 0 radical (unpaired) electrons. The van der Waals surface area contributed by atoms with Crippen LogP contribution >= 0.6 is 0 Å². The molecule has 2 heteroatoms. The first-order chi connectivity index (χ1) is 8.22. The van der Waals surface area contributed by atoms with Crippen molar-refractivity contribution in [2.24, 2.45) is 17.8 Å². The SMILES string of the molecule is C=CCN(CC1CC1C1CC=CCC1)C(C)=O. The van der Waals surface area contributed by atoms with Gasteiger partial charge in [0.2, 0.25) is 5.91 Å². The van der Waals surface area contributed by atoms with Crippen molar-refractivity contribution in [1.82, 2.24) is 4.90 Å². The highest BCUT2D eigenvalue weighted by atomic mass is 16.2. The Morgan fingerprint density at radius 2 is 2.35 bits per heavy atom. The Kier molecular flexibility index (Phi) is 4.03. The van der Waals surface area contributed by atoms with Gasteiger partial charge in [-0.2, -0.15) is 0 Å². The third-order valence-electron chi connectivity index (χ3n) is 4.14. The van der Waals surface area contributed by atoms with Crippen molar-refractivity contribution in [2.45, 2.75) is 32.6 Å². The summed E-state index contributed by atoms with van der Waals surface area (Å²) in [6.07, 6.45) is 11.6. The minimum absolute atomic E-state index is 0.180. The zero-order valence-corrected chi connectivity index (χ0v) is 10.8. The number of nitrogens with zero attached hydrogens (tertiary/aromatic N) is 1. The molecule has 0 saturated heterocycles. The van der Waals surface area contributed by atoms with Gasteiger partial charge in [-0.1, -0.05) is 18.2 Å². The second-order valence-electron chi connectivity index (χ2n) is 5.42. The lowest BCUT2D eigenvalue weighted by molar-refractivity contribution is -0.128. The molecule has 0 heterocycles. The maximum absolute atomic E-state index is 11.4. The molecule has 94 valence electrons. The van der Waals surface area contributed by atoms with E-state index < -0.39 is 0 Å². The smallest absolute Gasteiger partial charge is 0.219 e. The van der Waals surface area contributed by atoms with Gasteiger partial charge in [0, 0.05) is 20.0 Å². The number of rotatable bonds is 5. The van der Waals surface area contributed by atoms with E-state index in [1.54, 1.807) is 6.92 Å². The van der Waals surface area contributed by atoms with Crippen LogP contribution in [0.15, 0.2) is 24.8 Å². The molecule has 2 nitrogen and oxygen atoms in total. The van der Waals surface area contributed by atoms with Crippen LogP contribution in [0, 0.1) is 17.8 Å². The van der Waals surface area contributed by atoms with Crippen molar-refractivity contribution in [3.8, 4) is 0 Å². The Morgan fingerprint density at radius 3 is 2.94 bits per heavy atom.